The molecule has 1 aliphatic heterocycles. The molecule has 1 saturated heterocycles. The molecule has 2 heterocycles. The second-order valence-electron chi connectivity index (χ2n) is 6.91. The van der Waals surface area contributed by atoms with Gasteiger partial charge in [0.05, 0.1) is 31.6 Å². The number of likely N-dealkylation sites (N-methyl/N-ethyl adjacent to an activating group) is 1. The van der Waals surface area contributed by atoms with E-state index >= 15 is 0 Å². The third-order valence-corrected chi connectivity index (χ3v) is 4.94. The van der Waals surface area contributed by atoms with E-state index in [4.69, 9.17) is 9.47 Å². The second-order valence-corrected chi connectivity index (χ2v) is 6.91. The Morgan fingerprint density at radius 2 is 2.26 bits per heavy atom. The van der Waals surface area contributed by atoms with Gasteiger partial charge in [0.25, 0.3) is 0 Å². The maximum absolute atomic E-state index is 6.11. The minimum absolute atomic E-state index is 0.326. The van der Waals surface area contributed by atoms with Crippen LogP contribution in [0.15, 0.2) is 24.4 Å². The Kier molecular flexibility index (Phi) is 6.00. The predicted octanol–water partition coefficient (Wildman–Crippen LogP) is 1.64. The smallest absolute Gasteiger partial charge is 0.0781 e. The molecule has 1 aromatic rings. The van der Waals surface area contributed by atoms with Crippen molar-refractivity contribution in [1.82, 2.24) is 14.8 Å². The van der Waals surface area contributed by atoms with Crippen LogP contribution in [0.4, 0.5) is 0 Å². The molecular weight excluding hydrogens is 290 g/mol. The molecule has 5 heteroatoms. The van der Waals surface area contributed by atoms with E-state index in [1.807, 2.05) is 12.3 Å². The van der Waals surface area contributed by atoms with E-state index in [2.05, 4.69) is 41.0 Å². The average molecular weight is 319 g/mol. The van der Waals surface area contributed by atoms with Crippen LogP contribution < -0.4 is 0 Å². The Hall–Kier alpha value is -1.01. The molecule has 128 valence electrons. The molecule has 1 saturated carbocycles. The summed E-state index contributed by atoms with van der Waals surface area (Å²) in [5.41, 5.74) is 1.15. The quantitative estimate of drug-likeness (QED) is 0.714. The molecule has 0 bridgehead atoms. The summed E-state index contributed by atoms with van der Waals surface area (Å²) < 4.78 is 12.0. The highest BCUT2D eigenvalue weighted by molar-refractivity contribution is 5.05. The largest absolute Gasteiger partial charge is 0.380 e. The summed E-state index contributed by atoms with van der Waals surface area (Å²) in [6.07, 6.45) is 4.62. The van der Waals surface area contributed by atoms with E-state index < -0.39 is 0 Å². The van der Waals surface area contributed by atoms with Crippen molar-refractivity contribution in [2.24, 2.45) is 5.92 Å². The fourth-order valence-corrected chi connectivity index (χ4v) is 3.69. The van der Waals surface area contributed by atoms with Gasteiger partial charge < -0.3 is 14.4 Å². The summed E-state index contributed by atoms with van der Waals surface area (Å²) in [6, 6.07) is 6.67. The van der Waals surface area contributed by atoms with E-state index in [1.165, 1.54) is 12.8 Å². The van der Waals surface area contributed by atoms with E-state index in [0.29, 0.717) is 18.1 Å². The molecule has 1 aliphatic carbocycles. The van der Waals surface area contributed by atoms with Gasteiger partial charge in [-0.15, -0.1) is 0 Å². The first-order valence-electron chi connectivity index (χ1n) is 8.72. The third-order valence-electron chi connectivity index (χ3n) is 4.94. The molecule has 0 aromatic carbocycles. The number of hydrogen-bond donors (Lipinski definition) is 0. The summed E-state index contributed by atoms with van der Waals surface area (Å²) in [6.45, 7) is 5.37. The molecule has 1 aromatic heterocycles. The lowest BCUT2D eigenvalue weighted by Crippen LogP contribution is -2.50. The molecule has 3 rings (SSSR count). The molecule has 0 radical (unpaired) electrons. The van der Waals surface area contributed by atoms with Crippen LogP contribution in [-0.4, -0.2) is 73.9 Å². The molecular formula is C18H29N3O2. The van der Waals surface area contributed by atoms with Crippen molar-refractivity contribution in [3.05, 3.63) is 30.1 Å². The van der Waals surface area contributed by atoms with Crippen LogP contribution in [0.5, 0.6) is 0 Å². The molecule has 2 aliphatic rings. The van der Waals surface area contributed by atoms with Crippen molar-refractivity contribution in [2.45, 2.75) is 31.5 Å². The van der Waals surface area contributed by atoms with Crippen LogP contribution in [0.2, 0.25) is 0 Å². The standard InChI is InChI=1S/C18H29N3O2/c1-20(2)9-11-22-14-15-6-7-17-18(15)23-12-10-21(17)13-16-5-3-4-8-19-16/h3-5,8,15,17-18H,6-7,9-14H2,1-2H3/t15?,17-,18-/m1/s1. The minimum atomic E-state index is 0.326. The zero-order valence-electron chi connectivity index (χ0n) is 14.4. The number of rotatable bonds is 7. The maximum atomic E-state index is 6.11. The van der Waals surface area contributed by atoms with Crippen LogP contribution in [0, 0.1) is 5.92 Å². The van der Waals surface area contributed by atoms with Crippen molar-refractivity contribution in [3.8, 4) is 0 Å². The fraction of sp³-hybridized carbons (Fsp3) is 0.722. The number of hydrogen-bond acceptors (Lipinski definition) is 5. The predicted molar refractivity (Wildman–Crippen MR) is 90.3 cm³/mol. The monoisotopic (exact) mass is 319 g/mol. The van der Waals surface area contributed by atoms with Crippen molar-refractivity contribution < 1.29 is 9.47 Å². The average Bonchev–Trinajstić information content (AvgIpc) is 2.97. The molecule has 5 nitrogen and oxygen atoms in total. The van der Waals surface area contributed by atoms with Gasteiger partial charge in [-0.1, -0.05) is 6.07 Å². The highest BCUT2D eigenvalue weighted by Crippen LogP contribution is 2.35. The van der Waals surface area contributed by atoms with Gasteiger partial charge >= 0.3 is 0 Å². The SMILES string of the molecule is CN(C)CCOCC1CC[C@@H]2[C@@H]1OCCN2Cc1ccccn1. The number of aromatic nitrogens is 1. The van der Waals surface area contributed by atoms with Crippen LogP contribution >= 0.6 is 0 Å². The lowest BCUT2D eigenvalue weighted by atomic mass is 10.0. The Morgan fingerprint density at radius 3 is 3.04 bits per heavy atom. The van der Waals surface area contributed by atoms with Crippen LogP contribution in [0.3, 0.4) is 0 Å². The summed E-state index contributed by atoms with van der Waals surface area (Å²) in [7, 11) is 4.16. The van der Waals surface area contributed by atoms with Gasteiger partial charge in [-0.3, -0.25) is 9.88 Å². The van der Waals surface area contributed by atoms with Crippen molar-refractivity contribution in [2.75, 3.05) is 47.0 Å². The third kappa shape index (κ3) is 4.51. The topological polar surface area (TPSA) is 37.8 Å². The Balaban J connectivity index is 1.51. The number of pyridine rings is 1. The summed E-state index contributed by atoms with van der Waals surface area (Å²) in [4.78, 5) is 9.18. The minimum Gasteiger partial charge on any atom is -0.380 e. The van der Waals surface area contributed by atoms with E-state index in [0.717, 1.165) is 45.1 Å². The van der Waals surface area contributed by atoms with Crippen molar-refractivity contribution in [1.29, 1.82) is 0 Å². The summed E-state index contributed by atoms with van der Waals surface area (Å²) >= 11 is 0. The van der Waals surface area contributed by atoms with E-state index in [9.17, 15) is 0 Å². The number of fused-ring (bicyclic) bond motifs is 1. The first kappa shape index (κ1) is 16.8. The van der Waals surface area contributed by atoms with Gasteiger partial charge in [-0.25, -0.2) is 0 Å². The van der Waals surface area contributed by atoms with Crippen LogP contribution in [0.1, 0.15) is 18.5 Å². The number of nitrogens with zero attached hydrogens (tertiary/aromatic N) is 3. The molecule has 0 spiro atoms. The lowest BCUT2D eigenvalue weighted by molar-refractivity contribution is -0.0886. The highest BCUT2D eigenvalue weighted by atomic mass is 16.5. The fourth-order valence-electron chi connectivity index (χ4n) is 3.69. The second kappa shape index (κ2) is 8.20. The Morgan fingerprint density at radius 1 is 1.35 bits per heavy atom. The van der Waals surface area contributed by atoms with E-state index in [-0.39, 0.29) is 0 Å². The lowest BCUT2D eigenvalue weighted by Gasteiger charge is -2.39. The Labute approximate surface area is 139 Å². The van der Waals surface area contributed by atoms with Crippen molar-refractivity contribution >= 4 is 0 Å². The van der Waals surface area contributed by atoms with Crippen LogP contribution in [-0.2, 0) is 16.0 Å². The van der Waals surface area contributed by atoms with Gasteiger partial charge in [0.15, 0.2) is 0 Å². The van der Waals surface area contributed by atoms with Gasteiger partial charge in [-0.05, 0) is 39.1 Å². The number of morpholine rings is 1. The first-order valence-corrected chi connectivity index (χ1v) is 8.72. The molecule has 0 N–H and O–H groups in total. The first-order chi connectivity index (χ1) is 11.2. The van der Waals surface area contributed by atoms with Gasteiger partial charge in [0.1, 0.15) is 0 Å². The zero-order chi connectivity index (χ0) is 16.1. The molecule has 3 atom stereocenters. The van der Waals surface area contributed by atoms with Gasteiger partial charge in [-0.2, -0.15) is 0 Å². The summed E-state index contributed by atoms with van der Waals surface area (Å²) in [5.74, 6) is 0.536. The molecule has 23 heavy (non-hydrogen) atoms. The molecule has 2 fully saturated rings. The van der Waals surface area contributed by atoms with Crippen molar-refractivity contribution in [3.63, 3.8) is 0 Å². The van der Waals surface area contributed by atoms with E-state index in [1.54, 1.807) is 0 Å². The molecule has 1 unspecified atom stereocenters. The maximum Gasteiger partial charge on any atom is 0.0781 e. The summed E-state index contributed by atoms with van der Waals surface area (Å²) in [5, 5.41) is 0. The normalized spacial score (nSPS) is 28.2. The number of ether oxygens (including phenoxy) is 2. The van der Waals surface area contributed by atoms with Crippen LogP contribution in [0.25, 0.3) is 0 Å². The highest BCUT2D eigenvalue weighted by Gasteiger charge is 2.42. The van der Waals surface area contributed by atoms with Gasteiger partial charge in [0.2, 0.25) is 0 Å². The Bertz CT molecular complexity index is 469. The zero-order valence-corrected chi connectivity index (χ0v) is 14.4. The molecule has 0 amide bonds. The van der Waals surface area contributed by atoms with Gasteiger partial charge in [0, 0.05) is 37.8 Å².